The summed E-state index contributed by atoms with van der Waals surface area (Å²) >= 11 is 0. The molecular weight excluding hydrogens is 182 g/mol. The van der Waals surface area contributed by atoms with Crippen LogP contribution in [0.25, 0.3) is 0 Å². The summed E-state index contributed by atoms with van der Waals surface area (Å²) < 4.78 is 1.64. The van der Waals surface area contributed by atoms with Crippen LogP contribution < -0.4 is 5.32 Å². The lowest BCUT2D eigenvalue weighted by molar-refractivity contribution is 0.101. The van der Waals surface area contributed by atoms with E-state index in [1.165, 1.54) is 6.20 Å². The Bertz CT molecular complexity index is 430. The Morgan fingerprint density at radius 3 is 3.07 bits per heavy atom. The Balaban J connectivity index is 2.14. The van der Waals surface area contributed by atoms with Crippen LogP contribution in [0.3, 0.4) is 0 Å². The minimum atomic E-state index is -0.214. The van der Waals surface area contributed by atoms with Gasteiger partial charge in [0.25, 0.3) is 5.91 Å². The van der Waals surface area contributed by atoms with Crippen LogP contribution in [0.15, 0.2) is 24.8 Å². The quantitative estimate of drug-likeness (QED) is 0.721. The molecule has 0 atom stereocenters. The van der Waals surface area contributed by atoms with Crippen molar-refractivity contribution in [3.05, 3.63) is 30.5 Å². The predicted molar refractivity (Wildman–Crippen MR) is 49.7 cm³/mol. The topological polar surface area (TPSA) is 75.6 Å². The molecule has 0 spiro atoms. The normalized spacial score (nSPS) is 10.1. The van der Waals surface area contributed by atoms with Crippen LogP contribution in [0, 0.1) is 0 Å². The number of carbonyl (C=O) groups excluding carboxylic acids is 1. The van der Waals surface area contributed by atoms with E-state index in [0.717, 1.165) is 0 Å². The number of aryl methyl sites for hydroxylation is 1. The molecule has 0 saturated carbocycles. The summed E-state index contributed by atoms with van der Waals surface area (Å²) in [5.74, 6) is 0.352. The first kappa shape index (κ1) is 8.49. The number of hydrogen-bond donors (Lipinski definition) is 2. The summed E-state index contributed by atoms with van der Waals surface area (Å²) in [4.78, 5) is 15.4. The van der Waals surface area contributed by atoms with Crippen molar-refractivity contribution in [2.75, 3.05) is 5.32 Å². The molecule has 2 aromatic heterocycles. The van der Waals surface area contributed by atoms with Gasteiger partial charge in [-0.15, -0.1) is 0 Å². The Morgan fingerprint density at radius 1 is 1.64 bits per heavy atom. The summed E-state index contributed by atoms with van der Waals surface area (Å²) in [5, 5.41) is 9.00. The molecule has 6 heteroatoms. The molecule has 0 radical (unpaired) electrons. The van der Waals surface area contributed by atoms with E-state index in [4.69, 9.17) is 0 Å². The van der Waals surface area contributed by atoms with E-state index in [1.807, 2.05) is 0 Å². The molecule has 2 aromatic rings. The summed E-state index contributed by atoms with van der Waals surface area (Å²) in [5.41, 5.74) is 0.500. The van der Waals surface area contributed by atoms with Crippen LogP contribution >= 0.6 is 0 Å². The molecule has 0 aromatic carbocycles. The molecule has 1 amide bonds. The zero-order chi connectivity index (χ0) is 9.97. The largest absolute Gasteiger partial charge is 0.330 e. The highest BCUT2D eigenvalue weighted by Gasteiger charge is 2.09. The first-order valence-corrected chi connectivity index (χ1v) is 4.04. The average molecular weight is 191 g/mol. The summed E-state index contributed by atoms with van der Waals surface area (Å²) in [6.45, 7) is 0. The van der Waals surface area contributed by atoms with Gasteiger partial charge < -0.3 is 9.88 Å². The third-order valence-corrected chi connectivity index (χ3v) is 1.80. The highest BCUT2D eigenvalue weighted by atomic mass is 16.2. The van der Waals surface area contributed by atoms with E-state index in [1.54, 1.807) is 30.2 Å². The van der Waals surface area contributed by atoms with Crippen LogP contribution in [-0.2, 0) is 7.05 Å². The van der Waals surface area contributed by atoms with Crippen molar-refractivity contribution in [2.24, 2.45) is 7.05 Å². The molecule has 0 bridgehead atoms. The lowest BCUT2D eigenvalue weighted by Crippen LogP contribution is -2.15. The van der Waals surface area contributed by atoms with Crippen molar-refractivity contribution in [1.29, 1.82) is 0 Å². The van der Waals surface area contributed by atoms with E-state index in [2.05, 4.69) is 20.5 Å². The second-order valence-electron chi connectivity index (χ2n) is 2.81. The SMILES string of the molecule is Cn1cncc1C(=O)Nc1ccn[nH]1. The maximum atomic E-state index is 11.6. The van der Waals surface area contributed by atoms with Crippen molar-refractivity contribution < 1.29 is 4.79 Å². The first-order valence-electron chi connectivity index (χ1n) is 4.04. The Morgan fingerprint density at radius 2 is 2.50 bits per heavy atom. The molecule has 14 heavy (non-hydrogen) atoms. The van der Waals surface area contributed by atoms with Crippen molar-refractivity contribution in [2.45, 2.75) is 0 Å². The highest BCUT2D eigenvalue weighted by molar-refractivity contribution is 6.02. The number of imidazole rings is 1. The monoisotopic (exact) mass is 191 g/mol. The van der Waals surface area contributed by atoms with Crippen molar-refractivity contribution in [3.8, 4) is 0 Å². The number of rotatable bonds is 2. The number of nitrogens with one attached hydrogen (secondary N) is 2. The third kappa shape index (κ3) is 1.49. The Labute approximate surface area is 80.0 Å². The maximum absolute atomic E-state index is 11.6. The van der Waals surface area contributed by atoms with Gasteiger partial charge in [0.05, 0.1) is 18.7 Å². The fourth-order valence-electron chi connectivity index (χ4n) is 1.09. The summed E-state index contributed by atoms with van der Waals surface area (Å²) in [7, 11) is 1.76. The van der Waals surface area contributed by atoms with Gasteiger partial charge in [0, 0.05) is 13.1 Å². The summed E-state index contributed by atoms with van der Waals surface area (Å²) in [6.07, 6.45) is 4.65. The number of nitrogens with zero attached hydrogens (tertiary/aromatic N) is 3. The van der Waals surface area contributed by atoms with E-state index in [9.17, 15) is 4.79 Å². The Hall–Kier alpha value is -2.11. The number of hydrogen-bond acceptors (Lipinski definition) is 3. The number of aromatic nitrogens is 4. The predicted octanol–water partition coefficient (Wildman–Crippen LogP) is 0.395. The maximum Gasteiger partial charge on any atom is 0.275 e. The molecule has 0 saturated heterocycles. The molecule has 0 unspecified atom stereocenters. The number of carbonyl (C=O) groups is 1. The number of anilines is 1. The lowest BCUT2D eigenvalue weighted by atomic mass is 10.4. The molecule has 0 aliphatic carbocycles. The van der Waals surface area contributed by atoms with Crippen LogP contribution in [0.1, 0.15) is 10.5 Å². The minimum absolute atomic E-state index is 0.214. The van der Waals surface area contributed by atoms with Gasteiger partial charge in [0.15, 0.2) is 0 Å². The minimum Gasteiger partial charge on any atom is -0.330 e. The number of aromatic amines is 1. The number of amides is 1. The van der Waals surface area contributed by atoms with Crippen molar-refractivity contribution in [3.63, 3.8) is 0 Å². The summed E-state index contributed by atoms with van der Waals surface area (Å²) in [6, 6.07) is 1.67. The van der Waals surface area contributed by atoms with Gasteiger partial charge in [-0.25, -0.2) is 4.98 Å². The smallest absolute Gasteiger partial charge is 0.275 e. The molecule has 0 aliphatic rings. The van der Waals surface area contributed by atoms with Gasteiger partial charge in [-0.1, -0.05) is 0 Å². The van der Waals surface area contributed by atoms with Crippen LogP contribution in [0.5, 0.6) is 0 Å². The van der Waals surface area contributed by atoms with E-state index in [0.29, 0.717) is 11.5 Å². The zero-order valence-corrected chi connectivity index (χ0v) is 7.56. The van der Waals surface area contributed by atoms with Gasteiger partial charge in [0.1, 0.15) is 11.5 Å². The molecule has 2 N–H and O–H groups in total. The van der Waals surface area contributed by atoms with Crippen molar-refractivity contribution >= 4 is 11.7 Å². The van der Waals surface area contributed by atoms with Gasteiger partial charge >= 0.3 is 0 Å². The highest BCUT2D eigenvalue weighted by Crippen LogP contribution is 2.03. The van der Waals surface area contributed by atoms with Crippen LogP contribution in [-0.4, -0.2) is 25.7 Å². The molecule has 2 heterocycles. The van der Waals surface area contributed by atoms with Crippen LogP contribution in [0.4, 0.5) is 5.82 Å². The Kier molecular flexibility index (Phi) is 2.02. The molecule has 0 aliphatic heterocycles. The molecular formula is C8H9N5O. The number of H-pyrrole nitrogens is 1. The van der Waals surface area contributed by atoms with Gasteiger partial charge in [-0.3, -0.25) is 9.89 Å². The lowest BCUT2D eigenvalue weighted by Gasteiger charge is -2.01. The fourth-order valence-corrected chi connectivity index (χ4v) is 1.09. The van der Waals surface area contributed by atoms with E-state index >= 15 is 0 Å². The molecule has 72 valence electrons. The van der Waals surface area contributed by atoms with Gasteiger partial charge in [-0.05, 0) is 0 Å². The fraction of sp³-hybridized carbons (Fsp3) is 0.125. The molecule has 6 nitrogen and oxygen atoms in total. The second-order valence-corrected chi connectivity index (χ2v) is 2.81. The van der Waals surface area contributed by atoms with Gasteiger partial charge in [0.2, 0.25) is 0 Å². The molecule has 2 rings (SSSR count). The van der Waals surface area contributed by atoms with E-state index < -0.39 is 0 Å². The molecule has 0 fully saturated rings. The first-order chi connectivity index (χ1) is 6.77. The average Bonchev–Trinajstić information content (AvgIpc) is 2.75. The van der Waals surface area contributed by atoms with Gasteiger partial charge in [-0.2, -0.15) is 5.10 Å². The third-order valence-electron chi connectivity index (χ3n) is 1.80. The standard InChI is InChI=1S/C8H9N5O/c1-13-5-9-4-6(13)8(14)11-7-2-3-10-12-7/h2-5H,1H3,(H2,10,11,12,14). The van der Waals surface area contributed by atoms with Crippen molar-refractivity contribution in [1.82, 2.24) is 19.7 Å². The van der Waals surface area contributed by atoms with E-state index in [-0.39, 0.29) is 5.91 Å². The van der Waals surface area contributed by atoms with Crippen LogP contribution in [0.2, 0.25) is 0 Å². The second kappa shape index (κ2) is 3.33. The zero-order valence-electron chi connectivity index (χ0n) is 7.56.